The lowest BCUT2D eigenvalue weighted by atomic mass is 10.1. The van der Waals surface area contributed by atoms with E-state index in [0.717, 1.165) is 11.3 Å². The molecule has 0 saturated heterocycles. The molecule has 0 atom stereocenters. The summed E-state index contributed by atoms with van der Waals surface area (Å²) >= 11 is 1.64. The summed E-state index contributed by atoms with van der Waals surface area (Å²) in [6.07, 6.45) is 0. The first kappa shape index (κ1) is 16.5. The fourth-order valence-electron chi connectivity index (χ4n) is 2.14. The van der Waals surface area contributed by atoms with E-state index in [1.54, 1.807) is 18.4 Å². The van der Waals surface area contributed by atoms with Crippen molar-refractivity contribution in [2.45, 2.75) is 6.54 Å². The quantitative estimate of drug-likeness (QED) is 0.786. The smallest absolute Gasteiger partial charge is 0.254 e. The van der Waals surface area contributed by atoms with Crippen LogP contribution >= 0.6 is 11.3 Å². The van der Waals surface area contributed by atoms with Crippen LogP contribution in [0.4, 0.5) is 5.69 Å². The van der Waals surface area contributed by atoms with Gasteiger partial charge in [0.15, 0.2) is 0 Å². The molecule has 5 heteroatoms. The Labute approximate surface area is 135 Å². The molecule has 0 spiro atoms. The van der Waals surface area contributed by atoms with Gasteiger partial charge < -0.3 is 14.5 Å². The maximum atomic E-state index is 12.7. The SMILES string of the molecule is COCCN(Cc1ccsc1)C(=O)c1ccc(N(C)C)cc1. The fraction of sp³-hybridized carbons (Fsp3) is 0.353. The van der Waals surface area contributed by atoms with Crippen molar-refractivity contribution in [3.8, 4) is 0 Å². The van der Waals surface area contributed by atoms with E-state index in [9.17, 15) is 4.79 Å². The van der Waals surface area contributed by atoms with E-state index in [4.69, 9.17) is 4.74 Å². The van der Waals surface area contributed by atoms with Gasteiger partial charge in [-0.25, -0.2) is 0 Å². The number of rotatable bonds is 7. The topological polar surface area (TPSA) is 32.8 Å². The predicted molar refractivity (Wildman–Crippen MR) is 91.7 cm³/mol. The lowest BCUT2D eigenvalue weighted by Gasteiger charge is -2.22. The van der Waals surface area contributed by atoms with E-state index in [-0.39, 0.29) is 5.91 Å². The maximum absolute atomic E-state index is 12.7. The van der Waals surface area contributed by atoms with Gasteiger partial charge in [0.25, 0.3) is 5.91 Å². The molecule has 1 aromatic heterocycles. The molecule has 2 rings (SSSR count). The number of methoxy groups -OCH3 is 1. The summed E-state index contributed by atoms with van der Waals surface area (Å²) in [6, 6.07) is 9.74. The average Bonchev–Trinajstić information content (AvgIpc) is 3.04. The molecule has 2 aromatic rings. The zero-order chi connectivity index (χ0) is 15.9. The highest BCUT2D eigenvalue weighted by Crippen LogP contribution is 2.16. The highest BCUT2D eigenvalue weighted by molar-refractivity contribution is 7.07. The van der Waals surface area contributed by atoms with E-state index in [1.807, 2.05) is 59.6 Å². The molecule has 1 amide bonds. The molecule has 1 heterocycles. The van der Waals surface area contributed by atoms with Crippen LogP contribution in [0.3, 0.4) is 0 Å². The van der Waals surface area contributed by atoms with Crippen molar-refractivity contribution in [1.29, 1.82) is 0 Å². The molecule has 0 aliphatic heterocycles. The fourth-order valence-corrected chi connectivity index (χ4v) is 2.80. The Morgan fingerprint density at radius 3 is 2.45 bits per heavy atom. The molecule has 118 valence electrons. The van der Waals surface area contributed by atoms with Gasteiger partial charge in [-0.15, -0.1) is 0 Å². The van der Waals surface area contributed by atoms with Crippen molar-refractivity contribution in [3.63, 3.8) is 0 Å². The summed E-state index contributed by atoms with van der Waals surface area (Å²) < 4.78 is 5.13. The van der Waals surface area contributed by atoms with E-state index >= 15 is 0 Å². The highest BCUT2D eigenvalue weighted by atomic mass is 32.1. The Morgan fingerprint density at radius 1 is 1.18 bits per heavy atom. The Balaban J connectivity index is 2.13. The minimum atomic E-state index is 0.0357. The normalized spacial score (nSPS) is 10.5. The van der Waals surface area contributed by atoms with Gasteiger partial charge in [-0.2, -0.15) is 11.3 Å². The second kappa shape index (κ2) is 7.96. The average molecular weight is 318 g/mol. The number of amides is 1. The second-order valence-electron chi connectivity index (χ2n) is 5.29. The first-order chi connectivity index (χ1) is 10.6. The summed E-state index contributed by atoms with van der Waals surface area (Å²) in [6.45, 7) is 1.73. The molecule has 22 heavy (non-hydrogen) atoms. The molecule has 0 aliphatic rings. The van der Waals surface area contributed by atoms with Gasteiger partial charge in [0.05, 0.1) is 6.61 Å². The number of thiophene rings is 1. The molecular formula is C17H22N2O2S. The minimum absolute atomic E-state index is 0.0357. The predicted octanol–water partition coefficient (Wildman–Crippen LogP) is 3.10. The van der Waals surface area contributed by atoms with Gasteiger partial charge in [-0.05, 0) is 46.7 Å². The van der Waals surface area contributed by atoms with E-state index in [0.29, 0.717) is 25.3 Å². The Hall–Kier alpha value is -1.85. The summed E-state index contributed by atoms with van der Waals surface area (Å²) in [7, 11) is 5.62. The van der Waals surface area contributed by atoms with Gasteiger partial charge in [-0.3, -0.25) is 4.79 Å². The number of anilines is 1. The second-order valence-corrected chi connectivity index (χ2v) is 6.07. The zero-order valence-corrected chi connectivity index (χ0v) is 14.1. The van der Waals surface area contributed by atoms with Crippen LogP contribution in [0.15, 0.2) is 41.1 Å². The van der Waals surface area contributed by atoms with Crippen LogP contribution in [-0.4, -0.2) is 45.2 Å². The lowest BCUT2D eigenvalue weighted by molar-refractivity contribution is 0.0680. The lowest BCUT2D eigenvalue weighted by Crippen LogP contribution is -2.33. The number of benzene rings is 1. The summed E-state index contributed by atoms with van der Waals surface area (Å²) in [5.41, 5.74) is 2.94. The van der Waals surface area contributed by atoms with Crippen molar-refractivity contribution in [1.82, 2.24) is 4.90 Å². The molecule has 0 aliphatic carbocycles. The van der Waals surface area contributed by atoms with Crippen LogP contribution in [0, 0.1) is 0 Å². The van der Waals surface area contributed by atoms with Crippen LogP contribution in [0.25, 0.3) is 0 Å². The van der Waals surface area contributed by atoms with Crippen molar-refractivity contribution in [2.75, 3.05) is 39.3 Å². The Morgan fingerprint density at radius 2 is 1.91 bits per heavy atom. The number of ether oxygens (including phenoxy) is 1. The third-order valence-electron chi connectivity index (χ3n) is 3.44. The van der Waals surface area contributed by atoms with Gasteiger partial charge in [-0.1, -0.05) is 0 Å². The van der Waals surface area contributed by atoms with Crippen molar-refractivity contribution < 1.29 is 9.53 Å². The molecule has 4 nitrogen and oxygen atoms in total. The number of carbonyl (C=O) groups excluding carboxylic acids is 1. The first-order valence-electron chi connectivity index (χ1n) is 7.18. The summed E-state index contributed by atoms with van der Waals surface area (Å²) in [4.78, 5) is 16.6. The summed E-state index contributed by atoms with van der Waals surface area (Å²) in [5, 5.41) is 4.10. The monoisotopic (exact) mass is 318 g/mol. The molecule has 0 fully saturated rings. The molecule has 0 N–H and O–H groups in total. The van der Waals surface area contributed by atoms with Crippen LogP contribution < -0.4 is 4.90 Å². The largest absolute Gasteiger partial charge is 0.383 e. The molecular weight excluding hydrogens is 296 g/mol. The van der Waals surface area contributed by atoms with Crippen LogP contribution in [0.1, 0.15) is 15.9 Å². The van der Waals surface area contributed by atoms with Gasteiger partial charge in [0.2, 0.25) is 0 Å². The van der Waals surface area contributed by atoms with Crippen LogP contribution in [0.2, 0.25) is 0 Å². The maximum Gasteiger partial charge on any atom is 0.254 e. The van der Waals surface area contributed by atoms with Gasteiger partial charge in [0, 0.05) is 45.5 Å². The molecule has 1 aromatic carbocycles. The minimum Gasteiger partial charge on any atom is -0.383 e. The number of carbonyl (C=O) groups is 1. The van der Waals surface area contributed by atoms with Gasteiger partial charge in [0.1, 0.15) is 0 Å². The number of nitrogens with zero attached hydrogens (tertiary/aromatic N) is 2. The standard InChI is InChI=1S/C17H22N2O2S/c1-18(2)16-6-4-15(5-7-16)17(20)19(9-10-21-3)12-14-8-11-22-13-14/h4-8,11,13H,9-10,12H2,1-3H3. The van der Waals surface area contributed by atoms with Crippen LogP contribution in [0.5, 0.6) is 0 Å². The van der Waals surface area contributed by atoms with E-state index in [1.165, 1.54) is 0 Å². The third-order valence-corrected chi connectivity index (χ3v) is 4.17. The van der Waals surface area contributed by atoms with Crippen molar-refractivity contribution in [3.05, 3.63) is 52.2 Å². The molecule has 0 unspecified atom stereocenters. The molecule has 0 bridgehead atoms. The molecule has 0 radical (unpaired) electrons. The van der Waals surface area contributed by atoms with Crippen LogP contribution in [-0.2, 0) is 11.3 Å². The number of hydrogen-bond acceptors (Lipinski definition) is 4. The van der Waals surface area contributed by atoms with Crippen molar-refractivity contribution >= 4 is 22.9 Å². The third kappa shape index (κ3) is 4.32. The number of hydrogen-bond donors (Lipinski definition) is 0. The highest BCUT2D eigenvalue weighted by Gasteiger charge is 2.16. The van der Waals surface area contributed by atoms with E-state index < -0.39 is 0 Å². The van der Waals surface area contributed by atoms with E-state index in [2.05, 4.69) is 5.38 Å². The Kier molecular flexibility index (Phi) is 5.98. The summed E-state index contributed by atoms with van der Waals surface area (Å²) in [5.74, 6) is 0.0357. The van der Waals surface area contributed by atoms with Crippen molar-refractivity contribution in [2.24, 2.45) is 0 Å². The van der Waals surface area contributed by atoms with Gasteiger partial charge >= 0.3 is 0 Å². The molecule has 0 saturated carbocycles. The zero-order valence-electron chi connectivity index (χ0n) is 13.3. The Bertz CT molecular complexity index is 579. The first-order valence-corrected chi connectivity index (χ1v) is 8.12.